The maximum absolute atomic E-state index is 12.0. The topological polar surface area (TPSA) is 69.4 Å². The summed E-state index contributed by atoms with van der Waals surface area (Å²) >= 11 is 0. The van der Waals surface area contributed by atoms with E-state index >= 15 is 0 Å². The summed E-state index contributed by atoms with van der Waals surface area (Å²) in [5, 5.41) is 0. The number of hydrogen-bond donors (Lipinski definition) is 1. The largest absolute Gasteiger partial charge is 0.497 e. The van der Waals surface area contributed by atoms with E-state index in [2.05, 4.69) is 0 Å². The molecule has 0 heterocycles. The highest BCUT2D eigenvalue weighted by atomic mass is 32.2. The Balaban J connectivity index is 2.07. The maximum Gasteiger partial charge on any atom is 0.178 e. The van der Waals surface area contributed by atoms with Crippen molar-refractivity contribution in [2.75, 3.05) is 12.9 Å². The predicted octanol–water partition coefficient (Wildman–Crippen LogP) is 1.35. The maximum atomic E-state index is 12.0. The quantitative estimate of drug-likeness (QED) is 0.862. The smallest absolute Gasteiger partial charge is 0.178 e. The van der Waals surface area contributed by atoms with E-state index in [0.717, 1.165) is 12.8 Å². The Morgan fingerprint density at radius 1 is 1.29 bits per heavy atom. The zero-order valence-electron chi connectivity index (χ0n) is 9.85. The minimum absolute atomic E-state index is 0.121. The first-order chi connectivity index (χ1) is 7.95. The molecular weight excluding hydrogens is 238 g/mol. The van der Waals surface area contributed by atoms with Gasteiger partial charge in [-0.25, -0.2) is 8.42 Å². The Hall–Kier alpha value is -1.07. The second-order valence-corrected chi connectivity index (χ2v) is 6.72. The van der Waals surface area contributed by atoms with Crippen LogP contribution in [0, 0.1) is 0 Å². The molecule has 1 aromatic carbocycles. The van der Waals surface area contributed by atoms with Crippen molar-refractivity contribution in [3.63, 3.8) is 0 Å². The van der Waals surface area contributed by atoms with E-state index in [9.17, 15) is 8.42 Å². The van der Waals surface area contributed by atoms with Gasteiger partial charge >= 0.3 is 0 Å². The molecule has 0 atom stereocenters. The second kappa shape index (κ2) is 4.31. The molecule has 0 spiro atoms. The van der Waals surface area contributed by atoms with Gasteiger partial charge < -0.3 is 10.5 Å². The zero-order chi connectivity index (χ0) is 12.5. The molecule has 94 valence electrons. The first-order valence-corrected chi connectivity index (χ1v) is 7.26. The van der Waals surface area contributed by atoms with Gasteiger partial charge in [-0.1, -0.05) is 0 Å². The third-order valence-corrected chi connectivity index (χ3v) is 4.91. The number of benzene rings is 1. The summed E-state index contributed by atoms with van der Waals surface area (Å²) in [6, 6.07) is 6.46. The molecule has 1 aliphatic carbocycles. The summed E-state index contributed by atoms with van der Waals surface area (Å²) in [5.41, 5.74) is 5.67. The van der Waals surface area contributed by atoms with Gasteiger partial charge in [0.05, 0.1) is 17.8 Å². The molecule has 1 fully saturated rings. The molecule has 0 saturated heterocycles. The van der Waals surface area contributed by atoms with Gasteiger partial charge in [-0.2, -0.15) is 0 Å². The van der Waals surface area contributed by atoms with Crippen LogP contribution in [0.15, 0.2) is 29.2 Å². The number of sulfone groups is 1. The van der Waals surface area contributed by atoms with Crippen LogP contribution >= 0.6 is 0 Å². The molecule has 0 radical (unpaired) electrons. The summed E-state index contributed by atoms with van der Waals surface area (Å²) < 4.78 is 29.0. The number of ether oxygens (including phenoxy) is 1. The average molecular weight is 255 g/mol. The summed E-state index contributed by atoms with van der Waals surface area (Å²) in [4.78, 5) is 0.336. The normalized spacial score (nSPS) is 17.8. The van der Waals surface area contributed by atoms with Crippen molar-refractivity contribution >= 4 is 9.84 Å². The van der Waals surface area contributed by atoms with Crippen molar-refractivity contribution in [3.05, 3.63) is 24.3 Å². The molecule has 2 rings (SSSR count). The van der Waals surface area contributed by atoms with Gasteiger partial charge in [0.15, 0.2) is 9.84 Å². The van der Waals surface area contributed by atoms with E-state index < -0.39 is 9.84 Å². The van der Waals surface area contributed by atoms with Crippen molar-refractivity contribution in [3.8, 4) is 5.75 Å². The Morgan fingerprint density at radius 2 is 1.88 bits per heavy atom. The molecule has 1 aromatic rings. The van der Waals surface area contributed by atoms with Crippen LogP contribution in [-0.4, -0.2) is 26.8 Å². The first-order valence-electron chi connectivity index (χ1n) is 5.61. The standard InChI is InChI=1S/C12H17NO3S/c1-16-10-2-4-11(5-3-10)17(14,15)9-8-12(13)6-7-12/h2-5H,6-9,13H2,1H3. The summed E-state index contributed by atoms with van der Waals surface area (Å²) in [6.07, 6.45) is 2.41. The molecule has 17 heavy (non-hydrogen) atoms. The molecule has 5 heteroatoms. The Morgan fingerprint density at radius 3 is 2.35 bits per heavy atom. The minimum Gasteiger partial charge on any atom is -0.497 e. The lowest BCUT2D eigenvalue weighted by atomic mass is 10.2. The minimum atomic E-state index is -3.21. The molecule has 0 bridgehead atoms. The van der Waals surface area contributed by atoms with Crippen molar-refractivity contribution in [1.82, 2.24) is 0 Å². The SMILES string of the molecule is COc1ccc(S(=O)(=O)CCC2(N)CC2)cc1. The molecule has 2 N–H and O–H groups in total. The summed E-state index contributed by atoms with van der Waals surface area (Å²) in [6.45, 7) is 0. The van der Waals surface area contributed by atoms with Crippen LogP contribution in [0.2, 0.25) is 0 Å². The van der Waals surface area contributed by atoms with Gasteiger partial charge in [-0.15, -0.1) is 0 Å². The number of nitrogens with two attached hydrogens (primary N) is 1. The van der Waals surface area contributed by atoms with Crippen LogP contribution in [0.5, 0.6) is 5.75 Å². The van der Waals surface area contributed by atoms with Crippen molar-refractivity contribution < 1.29 is 13.2 Å². The second-order valence-electron chi connectivity index (χ2n) is 4.61. The number of rotatable bonds is 5. The Kier molecular flexibility index (Phi) is 3.14. The molecule has 0 amide bonds. The fraction of sp³-hybridized carbons (Fsp3) is 0.500. The molecular formula is C12H17NO3S. The summed E-state index contributed by atoms with van der Waals surface area (Å²) in [7, 11) is -1.66. The van der Waals surface area contributed by atoms with Crippen molar-refractivity contribution in [2.45, 2.75) is 29.7 Å². The molecule has 1 aliphatic rings. The lowest BCUT2D eigenvalue weighted by Gasteiger charge is -2.09. The van der Waals surface area contributed by atoms with Gasteiger partial charge in [-0.3, -0.25) is 0 Å². The van der Waals surface area contributed by atoms with Crippen LogP contribution in [0.25, 0.3) is 0 Å². The first kappa shape index (κ1) is 12.4. The Labute approximate surface area is 102 Å². The fourth-order valence-corrected chi connectivity index (χ4v) is 3.11. The van der Waals surface area contributed by atoms with E-state index in [1.807, 2.05) is 0 Å². The van der Waals surface area contributed by atoms with Crippen LogP contribution in [0.3, 0.4) is 0 Å². The van der Waals surface area contributed by atoms with Gasteiger partial charge in [0.2, 0.25) is 0 Å². The number of hydrogen-bond acceptors (Lipinski definition) is 4. The highest BCUT2D eigenvalue weighted by molar-refractivity contribution is 7.91. The van der Waals surface area contributed by atoms with Crippen LogP contribution in [0.4, 0.5) is 0 Å². The predicted molar refractivity (Wildman–Crippen MR) is 65.8 cm³/mol. The van der Waals surface area contributed by atoms with E-state index in [-0.39, 0.29) is 11.3 Å². The van der Waals surface area contributed by atoms with Crippen LogP contribution in [-0.2, 0) is 9.84 Å². The van der Waals surface area contributed by atoms with E-state index in [4.69, 9.17) is 10.5 Å². The number of methoxy groups -OCH3 is 1. The third kappa shape index (κ3) is 2.98. The van der Waals surface area contributed by atoms with Crippen LogP contribution in [0.1, 0.15) is 19.3 Å². The molecule has 0 aromatic heterocycles. The zero-order valence-corrected chi connectivity index (χ0v) is 10.7. The summed E-state index contributed by atoms with van der Waals surface area (Å²) in [5.74, 6) is 0.775. The van der Waals surface area contributed by atoms with Gasteiger partial charge in [0.1, 0.15) is 5.75 Å². The van der Waals surface area contributed by atoms with Crippen molar-refractivity contribution in [1.29, 1.82) is 0 Å². The lowest BCUT2D eigenvalue weighted by molar-refractivity contribution is 0.414. The third-order valence-electron chi connectivity index (χ3n) is 3.18. The average Bonchev–Trinajstić information content (AvgIpc) is 3.06. The van der Waals surface area contributed by atoms with E-state index in [1.165, 1.54) is 0 Å². The molecule has 0 unspecified atom stereocenters. The fourth-order valence-electron chi connectivity index (χ4n) is 1.65. The van der Waals surface area contributed by atoms with E-state index in [1.54, 1.807) is 31.4 Å². The van der Waals surface area contributed by atoms with Gasteiger partial charge in [-0.05, 0) is 43.5 Å². The Bertz CT molecular complexity index is 489. The van der Waals surface area contributed by atoms with Crippen molar-refractivity contribution in [2.24, 2.45) is 5.73 Å². The highest BCUT2D eigenvalue weighted by Crippen LogP contribution is 2.36. The molecule has 0 aliphatic heterocycles. The molecule has 1 saturated carbocycles. The van der Waals surface area contributed by atoms with Gasteiger partial charge in [0.25, 0.3) is 0 Å². The lowest BCUT2D eigenvalue weighted by Crippen LogP contribution is -2.25. The van der Waals surface area contributed by atoms with Gasteiger partial charge in [0, 0.05) is 5.54 Å². The highest BCUT2D eigenvalue weighted by Gasteiger charge is 2.38. The molecule has 4 nitrogen and oxygen atoms in total. The monoisotopic (exact) mass is 255 g/mol. The van der Waals surface area contributed by atoms with E-state index in [0.29, 0.717) is 17.1 Å². The van der Waals surface area contributed by atoms with Crippen LogP contribution < -0.4 is 10.5 Å².